The fourth-order valence-corrected chi connectivity index (χ4v) is 9.34. The largest absolute Gasteiger partial charge is 0.394 e. The molecule has 0 aromatic carbocycles. The lowest BCUT2D eigenvalue weighted by molar-refractivity contribution is -0.302. The molecule has 1 rings (SSSR count). The minimum absolute atomic E-state index is 0.252. The predicted octanol–water partition coefficient (Wildman–Crippen LogP) is 12.6. The van der Waals surface area contributed by atoms with E-state index in [4.69, 9.17) is 9.47 Å². The van der Waals surface area contributed by atoms with Crippen molar-refractivity contribution in [2.75, 3.05) is 13.2 Å². The molecule has 0 bridgehead atoms. The number of carbonyl (C=O) groups is 1. The van der Waals surface area contributed by atoms with E-state index in [1.54, 1.807) is 0 Å². The van der Waals surface area contributed by atoms with Crippen LogP contribution in [-0.2, 0) is 14.3 Å². The lowest BCUT2D eigenvalue weighted by Gasteiger charge is -2.40. The smallest absolute Gasteiger partial charge is 0.249 e. The molecule has 0 saturated carbocycles. The highest BCUT2D eigenvalue weighted by molar-refractivity contribution is 5.80. The van der Waals surface area contributed by atoms with Crippen LogP contribution in [0.15, 0.2) is 12.2 Å². The number of hydrogen-bond acceptors (Lipinski definition) is 9. The first-order chi connectivity index (χ1) is 32.3. The molecule has 1 heterocycles. The van der Waals surface area contributed by atoms with Gasteiger partial charge in [0.15, 0.2) is 6.29 Å². The molecule has 1 saturated heterocycles. The number of unbranched alkanes of at least 4 members (excludes halogenated alkanes) is 36. The van der Waals surface area contributed by atoms with E-state index in [1.165, 1.54) is 199 Å². The van der Waals surface area contributed by atoms with Gasteiger partial charge in [0.1, 0.15) is 30.5 Å². The Labute approximate surface area is 406 Å². The Morgan fingerprint density at radius 2 is 0.848 bits per heavy atom. The van der Waals surface area contributed by atoms with Crippen LogP contribution in [0.1, 0.15) is 277 Å². The lowest BCUT2D eigenvalue weighted by atomic mass is 9.99. The minimum atomic E-state index is -1.59. The molecule has 10 heteroatoms. The van der Waals surface area contributed by atoms with Gasteiger partial charge in [0.25, 0.3) is 0 Å². The Bertz CT molecular complexity index is 1060. The summed E-state index contributed by atoms with van der Waals surface area (Å²) in [5.74, 6) is -0.580. The number of carbonyl (C=O) groups excluding carboxylic acids is 1. The summed E-state index contributed by atoms with van der Waals surface area (Å²) in [4.78, 5) is 13.1. The fraction of sp³-hybridized carbons (Fsp3) is 0.946. The van der Waals surface area contributed by atoms with Gasteiger partial charge in [-0.15, -0.1) is 0 Å². The molecule has 0 aromatic rings. The van der Waals surface area contributed by atoms with Crippen molar-refractivity contribution >= 4 is 5.91 Å². The Hall–Kier alpha value is -1.11. The number of aliphatic hydroxyl groups excluding tert-OH is 6. The van der Waals surface area contributed by atoms with E-state index in [-0.39, 0.29) is 6.61 Å². The van der Waals surface area contributed by atoms with Gasteiger partial charge in [-0.1, -0.05) is 251 Å². The molecule has 1 amide bonds. The summed E-state index contributed by atoms with van der Waals surface area (Å²) < 4.78 is 11.2. The zero-order chi connectivity index (χ0) is 48.1. The molecule has 1 fully saturated rings. The summed E-state index contributed by atoms with van der Waals surface area (Å²) in [6, 6.07) is -0.891. The van der Waals surface area contributed by atoms with Gasteiger partial charge in [0, 0.05) is 0 Å². The number of aliphatic hydroxyl groups is 6. The Kier molecular flexibility index (Phi) is 44.1. The van der Waals surface area contributed by atoms with Crippen molar-refractivity contribution in [3.05, 3.63) is 12.2 Å². The number of allylic oxidation sites excluding steroid dienone is 2. The minimum Gasteiger partial charge on any atom is -0.394 e. The first kappa shape index (κ1) is 62.9. The SMILES string of the molecule is CCCCCCCCCCCCCC/C=C\CCCCCCCCCCCCCCC(O)C(=O)NC(COC1OC(CO)C(O)C(O)C1O)C(O)CCCCCCCCCCCCCCC. The van der Waals surface area contributed by atoms with Crippen LogP contribution in [0.2, 0.25) is 0 Å². The van der Waals surface area contributed by atoms with Crippen LogP contribution >= 0.6 is 0 Å². The van der Waals surface area contributed by atoms with Crippen LogP contribution in [-0.4, -0.2) is 98.7 Å². The molecular weight excluding hydrogens is 831 g/mol. The Balaban J connectivity index is 2.19. The summed E-state index contributed by atoms with van der Waals surface area (Å²) in [6.45, 7) is 3.70. The van der Waals surface area contributed by atoms with E-state index in [2.05, 4.69) is 31.3 Å². The number of hydrogen-bond donors (Lipinski definition) is 7. The number of rotatable bonds is 49. The number of ether oxygens (including phenoxy) is 2. The van der Waals surface area contributed by atoms with Crippen molar-refractivity contribution < 1.29 is 44.9 Å². The summed E-state index contributed by atoms with van der Waals surface area (Å²) in [6.07, 6.45) is 45.7. The highest BCUT2D eigenvalue weighted by atomic mass is 16.7. The average Bonchev–Trinajstić information content (AvgIpc) is 3.32. The molecule has 1 aliphatic heterocycles. The van der Waals surface area contributed by atoms with Gasteiger partial charge in [0.05, 0.1) is 25.4 Å². The molecule has 8 atom stereocenters. The summed E-state index contributed by atoms with van der Waals surface area (Å²) in [7, 11) is 0. The Morgan fingerprint density at radius 1 is 0.500 bits per heavy atom. The molecule has 66 heavy (non-hydrogen) atoms. The van der Waals surface area contributed by atoms with Crippen molar-refractivity contribution in [2.45, 2.75) is 326 Å². The molecule has 0 aromatic heterocycles. The van der Waals surface area contributed by atoms with Crippen molar-refractivity contribution in [1.82, 2.24) is 5.32 Å². The van der Waals surface area contributed by atoms with E-state index >= 15 is 0 Å². The number of amides is 1. The first-order valence-electron chi connectivity index (χ1n) is 28.5. The Morgan fingerprint density at radius 3 is 1.23 bits per heavy atom. The molecule has 7 N–H and O–H groups in total. The zero-order valence-corrected chi connectivity index (χ0v) is 43.1. The maximum atomic E-state index is 13.1. The van der Waals surface area contributed by atoms with Crippen molar-refractivity contribution in [3.63, 3.8) is 0 Å². The molecule has 392 valence electrons. The van der Waals surface area contributed by atoms with Gasteiger partial charge >= 0.3 is 0 Å². The molecule has 0 radical (unpaired) electrons. The third-order valence-corrected chi connectivity index (χ3v) is 14.0. The maximum Gasteiger partial charge on any atom is 0.249 e. The van der Waals surface area contributed by atoms with E-state index in [0.29, 0.717) is 12.8 Å². The maximum absolute atomic E-state index is 13.1. The van der Waals surface area contributed by atoms with Gasteiger partial charge in [-0.3, -0.25) is 4.79 Å². The van der Waals surface area contributed by atoms with E-state index in [9.17, 15) is 35.4 Å². The second kappa shape index (κ2) is 46.3. The third kappa shape index (κ3) is 35.1. The van der Waals surface area contributed by atoms with Gasteiger partial charge in [0.2, 0.25) is 5.91 Å². The number of nitrogens with one attached hydrogen (secondary N) is 1. The summed E-state index contributed by atoms with van der Waals surface area (Å²) >= 11 is 0. The van der Waals surface area contributed by atoms with Crippen molar-refractivity contribution in [1.29, 1.82) is 0 Å². The van der Waals surface area contributed by atoms with Crippen molar-refractivity contribution in [2.24, 2.45) is 0 Å². The van der Waals surface area contributed by atoms with Crippen LogP contribution in [0.5, 0.6) is 0 Å². The predicted molar refractivity (Wildman–Crippen MR) is 273 cm³/mol. The fourth-order valence-electron chi connectivity index (χ4n) is 9.34. The van der Waals surface area contributed by atoms with Gasteiger partial charge in [-0.05, 0) is 38.5 Å². The van der Waals surface area contributed by atoms with Crippen LogP contribution in [0.3, 0.4) is 0 Å². The normalized spacial score (nSPS) is 20.3. The van der Waals surface area contributed by atoms with Crippen LogP contribution in [0, 0.1) is 0 Å². The third-order valence-electron chi connectivity index (χ3n) is 14.0. The molecule has 1 aliphatic rings. The van der Waals surface area contributed by atoms with Crippen LogP contribution in [0.4, 0.5) is 0 Å². The van der Waals surface area contributed by atoms with Gasteiger partial charge in [-0.25, -0.2) is 0 Å². The molecular formula is C56H109NO9. The molecule has 0 spiro atoms. The van der Waals surface area contributed by atoms with Crippen LogP contribution < -0.4 is 5.32 Å². The monoisotopic (exact) mass is 940 g/mol. The lowest BCUT2D eigenvalue weighted by Crippen LogP contribution is -2.60. The zero-order valence-electron chi connectivity index (χ0n) is 43.1. The van der Waals surface area contributed by atoms with E-state index in [0.717, 1.165) is 51.4 Å². The first-order valence-corrected chi connectivity index (χ1v) is 28.5. The van der Waals surface area contributed by atoms with E-state index in [1.807, 2.05) is 0 Å². The quantitative estimate of drug-likeness (QED) is 0.0232. The van der Waals surface area contributed by atoms with Gasteiger partial charge < -0.3 is 45.4 Å². The molecule has 0 aliphatic carbocycles. The highest BCUT2D eigenvalue weighted by Crippen LogP contribution is 2.23. The summed E-state index contributed by atoms with van der Waals surface area (Å²) in [5.41, 5.74) is 0. The second-order valence-corrected chi connectivity index (χ2v) is 20.2. The topological polar surface area (TPSA) is 169 Å². The van der Waals surface area contributed by atoms with Crippen LogP contribution in [0.25, 0.3) is 0 Å². The van der Waals surface area contributed by atoms with Gasteiger partial charge in [-0.2, -0.15) is 0 Å². The molecule has 10 nitrogen and oxygen atoms in total. The second-order valence-electron chi connectivity index (χ2n) is 20.2. The summed E-state index contributed by atoms with van der Waals surface area (Å²) in [5, 5.41) is 65.1. The van der Waals surface area contributed by atoms with Crippen molar-refractivity contribution in [3.8, 4) is 0 Å². The molecule has 8 unspecified atom stereocenters. The average molecular weight is 940 g/mol. The standard InChI is InChI=1S/C56H109NO9/c1-3-5-7-9-11-13-15-17-18-19-20-21-22-23-24-25-26-27-28-29-30-31-33-35-37-39-41-43-45-50(60)55(64)57-48(47-65-56-54(63)53(62)52(61)51(46-58)66-56)49(59)44-42-40-38-36-34-32-16-14-12-10-8-6-4-2/h23-24,48-54,56,58-63H,3-22,25-47H2,1-2H3,(H,57,64)/b24-23-. The van der Waals surface area contributed by atoms with E-state index < -0.39 is 61.5 Å². The highest BCUT2D eigenvalue weighted by Gasteiger charge is 2.44.